The van der Waals surface area contributed by atoms with E-state index >= 15 is 0 Å². The highest BCUT2D eigenvalue weighted by molar-refractivity contribution is 5.90. The van der Waals surface area contributed by atoms with E-state index in [-0.39, 0.29) is 6.54 Å². The Hall–Kier alpha value is -1.62. The van der Waals surface area contributed by atoms with Crippen molar-refractivity contribution in [2.45, 2.75) is 6.17 Å². The fraction of sp³-hybridized carbons (Fsp3) is 0.417. The second-order valence-electron chi connectivity index (χ2n) is 3.86. The molecule has 0 aliphatic heterocycles. The molecule has 0 heterocycles. The summed E-state index contributed by atoms with van der Waals surface area (Å²) in [7, 11) is 4.90. The molecule has 0 saturated carbocycles. The molecule has 0 aliphatic carbocycles. The summed E-state index contributed by atoms with van der Waals surface area (Å²) < 4.78 is 18.3. The fourth-order valence-corrected chi connectivity index (χ4v) is 1.58. The molecule has 1 atom stereocenters. The number of nitrogens with zero attached hydrogens (tertiary/aromatic N) is 1. The number of benzene rings is 1. The van der Waals surface area contributed by atoms with Crippen LogP contribution in [0.1, 0.15) is 22.1 Å². The van der Waals surface area contributed by atoms with Crippen LogP contribution in [0.2, 0.25) is 0 Å². The molecule has 1 aromatic rings. The molecule has 1 aromatic carbocycles. The number of nitrogens with two attached hydrogens (primary N) is 1. The van der Waals surface area contributed by atoms with Crippen LogP contribution in [-0.2, 0) is 4.74 Å². The van der Waals surface area contributed by atoms with Crippen LogP contribution < -0.4 is 10.6 Å². The molecule has 0 bridgehead atoms. The second-order valence-corrected chi connectivity index (χ2v) is 3.86. The van der Waals surface area contributed by atoms with Crippen molar-refractivity contribution < 1.29 is 13.9 Å². The monoisotopic (exact) mass is 240 g/mol. The summed E-state index contributed by atoms with van der Waals surface area (Å²) in [5, 5.41) is 0. The Bertz CT molecular complexity index is 407. The van der Waals surface area contributed by atoms with Gasteiger partial charge in [-0.25, -0.2) is 9.18 Å². The lowest BCUT2D eigenvalue weighted by Gasteiger charge is -2.19. The molecule has 0 aliphatic rings. The van der Waals surface area contributed by atoms with Crippen molar-refractivity contribution >= 4 is 11.7 Å². The van der Waals surface area contributed by atoms with Crippen LogP contribution >= 0.6 is 0 Å². The number of hydrogen-bond donors (Lipinski definition) is 1. The maximum atomic E-state index is 13.7. The molecule has 0 amide bonds. The van der Waals surface area contributed by atoms with E-state index < -0.39 is 12.1 Å². The number of ether oxygens (including phenoxy) is 1. The topological polar surface area (TPSA) is 55.6 Å². The third-order valence-corrected chi connectivity index (χ3v) is 2.47. The van der Waals surface area contributed by atoms with Crippen LogP contribution in [0.5, 0.6) is 0 Å². The lowest BCUT2D eigenvalue weighted by Crippen LogP contribution is -2.16. The Morgan fingerprint density at radius 2 is 2.18 bits per heavy atom. The fourth-order valence-electron chi connectivity index (χ4n) is 1.58. The molecule has 17 heavy (non-hydrogen) atoms. The van der Waals surface area contributed by atoms with Gasteiger partial charge in [0.25, 0.3) is 0 Å². The predicted octanol–water partition coefficient (Wildman–Crippen LogP) is 1.51. The number of halogens is 1. The minimum atomic E-state index is -1.29. The van der Waals surface area contributed by atoms with Gasteiger partial charge in [-0.2, -0.15) is 0 Å². The number of rotatable bonds is 4. The predicted molar refractivity (Wildman–Crippen MR) is 65.0 cm³/mol. The summed E-state index contributed by atoms with van der Waals surface area (Å²) in [6, 6.07) is 4.77. The van der Waals surface area contributed by atoms with Gasteiger partial charge in [0, 0.05) is 31.9 Å². The van der Waals surface area contributed by atoms with Gasteiger partial charge < -0.3 is 15.4 Å². The Kier molecular flexibility index (Phi) is 4.45. The van der Waals surface area contributed by atoms with Crippen LogP contribution in [-0.4, -0.2) is 33.7 Å². The van der Waals surface area contributed by atoms with E-state index in [1.807, 2.05) is 0 Å². The Morgan fingerprint density at radius 3 is 2.65 bits per heavy atom. The van der Waals surface area contributed by atoms with Gasteiger partial charge >= 0.3 is 5.97 Å². The quantitative estimate of drug-likeness (QED) is 0.810. The lowest BCUT2D eigenvalue weighted by atomic mass is 10.0. The summed E-state index contributed by atoms with van der Waals surface area (Å²) in [6.45, 7) is -0.120. The van der Waals surface area contributed by atoms with Crippen LogP contribution in [0.4, 0.5) is 10.1 Å². The third kappa shape index (κ3) is 2.94. The molecular formula is C12H17FN2O2. The number of hydrogen-bond acceptors (Lipinski definition) is 4. The minimum absolute atomic E-state index is 0.120. The standard InChI is InChI=1S/C12H17FN2O2/c1-15(2)11-5-4-8(12(16)17-3)6-9(11)10(13)7-14/h4-6,10H,7,14H2,1-3H3. The molecule has 5 heteroatoms. The highest BCUT2D eigenvalue weighted by atomic mass is 19.1. The molecule has 1 unspecified atom stereocenters. The number of esters is 1. The van der Waals surface area contributed by atoms with Gasteiger partial charge in [0.2, 0.25) is 0 Å². The highest BCUT2D eigenvalue weighted by Crippen LogP contribution is 2.28. The van der Waals surface area contributed by atoms with Gasteiger partial charge in [-0.3, -0.25) is 0 Å². The Labute approximate surface area is 100 Å². The molecule has 2 N–H and O–H groups in total. The van der Waals surface area contributed by atoms with Crippen LogP contribution in [0, 0.1) is 0 Å². The van der Waals surface area contributed by atoms with Crippen LogP contribution in [0.3, 0.4) is 0 Å². The molecule has 0 fully saturated rings. The van der Waals surface area contributed by atoms with E-state index in [1.54, 1.807) is 31.1 Å². The first-order chi connectivity index (χ1) is 8.01. The zero-order chi connectivity index (χ0) is 13.0. The van der Waals surface area contributed by atoms with Crippen molar-refractivity contribution in [3.63, 3.8) is 0 Å². The number of carbonyl (C=O) groups is 1. The first kappa shape index (κ1) is 13.4. The molecule has 0 spiro atoms. The summed E-state index contributed by atoms with van der Waals surface area (Å²) in [6.07, 6.45) is -1.29. The van der Waals surface area contributed by atoms with Crippen molar-refractivity contribution in [1.82, 2.24) is 0 Å². The smallest absolute Gasteiger partial charge is 0.337 e. The second kappa shape index (κ2) is 5.63. The van der Waals surface area contributed by atoms with Gasteiger partial charge in [0.05, 0.1) is 12.7 Å². The van der Waals surface area contributed by atoms with Crippen LogP contribution in [0.15, 0.2) is 18.2 Å². The highest BCUT2D eigenvalue weighted by Gasteiger charge is 2.17. The zero-order valence-electron chi connectivity index (χ0n) is 10.2. The van der Waals surface area contributed by atoms with Crippen molar-refractivity contribution in [3.05, 3.63) is 29.3 Å². The van der Waals surface area contributed by atoms with E-state index in [2.05, 4.69) is 4.74 Å². The normalized spacial score (nSPS) is 12.1. The SMILES string of the molecule is COC(=O)c1ccc(N(C)C)c(C(F)CN)c1. The van der Waals surface area contributed by atoms with E-state index in [4.69, 9.17) is 5.73 Å². The van der Waals surface area contributed by atoms with Crippen LogP contribution in [0.25, 0.3) is 0 Å². The van der Waals surface area contributed by atoms with Crippen molar-refractivity contribution in [3.8, 4) is 0 Å². The molecule has 0 radical (unpaired) electrons. The minimum Gasteiger partial charge on any atom is -0.465 e. The number of alkyl halides is 1. The largest absolute Gasteiger partial charge is 0.465 e. The maximum absolute atomic E-state index is 13.7. The lowest BCUT2D eigenvalue weighted by molar-refractivity contribution is 0.0600. The van der Waals surface area contributed by atoms with Gasteiger partial charge in [0.15, 0.2) is 0 Å². The summed E-state index contributed by atoms with van der Waals surface area (Å²) in [4.78, 5) is 13.1. The number of anilines is 1. The third-order valence-electron chi connectivity index (χ3n) is 2.47. The Morgan fingerprint density at radius 1 is 1.53 bits per heavy atom. The van der Waals surface area contributed by atoms with Gasteiger partial charge in [-0.15, -0.1) is 0 Å². The number of carbonyl (C=O) groups excluding carboxylic acids is 1. The van der Waals surface area contributed by atoms with E-state index in [0.29, 0.717) is 16.8 Å². The molecular weight excluding hydrogens is 223 g/mol. The molecule has 1 rings (SSSR count). The van der Waals surface area contributed by atoms with Gasteiger partial charge in [-0.1, -0.05) is 0 Å². The average molecular weight is 240 g/mol. The van der Waals surface area contributed by atoms with E-state index in [9.17, 15) is 9.18 Å². The number of methoxy groups -OCH3 is 1. The van der Waals surface area contributed by atoms with E-state index in [1.165, 1.54) is 13.2 Å². The van der Waals surface area contributed by atoms with Crippen molar-refractivity contribution in [2.24, 2.45) is 5.73 Å². The van der Waals surface area contributed by atoms with Gasteiger partial charge in [0.1, 0.15) is 6.17 Å². The molecule has 94 valence electrons. The first-order valence-corrected chi connectivity index (χ1v) is 5.25. The molecule has 4 nitrogen and oxygen atoms in total. The summed E-state index contributed by atoms with van der Waals surface area (Å²) >= 11 is 0. The Balaban J connectivity index is 3.23. The summed E-state index contributed by atoms with van der Waals surface area (Å²) in [5.41, 5.74) is 6.75. The molecule has 0 saturated heterocycles. The zero-order valence-corrected chi connectivity index (χ0v) is 10.2. The maximum Gasteiger partial charge on any atom is 0.337 e. The molecule has 0 aromatic heterocycles. The first-order valence-electron chi connectivity index (χ1n) is 5.25. The van der Waals surface area contributed by atoms with Crippen molar-refractivity contribution in [2.75, 3.05) is 32.6 Å². The van der Waals surface area contributed by atoms with E-state index in [0.717, 1.165) is 0 Å². The average Bonchev–Trinajstić information content (AvgIpc) is 2.35. The summed E-state index contributed by atoms with van der Waals surface area (Å²) in [5.74, 6) is -0.485. The van der Waals surface area contributed by atoms with Crippen molar-refractivity contribution in [1.29, 1.82) is 0 Å². The van der Waals surface area contributed by atoms with Gasteiger partial charge in [-0.05, 0) is 18.2 Å².